The van der Waals surface area contributed by atoms with Gasteiger partial charge in [-0.05, 0) is 96.1 Å². The van der Waals surface area contributed by atoms with Crippen molar-refractivity contribution in [1.29, 1.82) is 0 Å². The van der Waals surface area contributed by atoms with E-state index >= 15 is 0 Å². The Kier molecular flexibility index (Phi) is 8.97. The zero-order valence-corrected chi connectivity index (χ0v) is 34.5. The molecule has 11 aromatic rings. The maximum absolute atomic E-state index is 5.70. The van der Waals surface area contributed by atoms with E-state index in [0.717, 1.165) is 90.6 Å². The Morgan fingerprint density at radius 1 is 0.375 bits per heavy atom. The topological polar surface area (TPSA) is 66.2 Å². The van der Waals surface area contributed by atoms with Crippen LogP contribution in [0.4, 0.5) is 51.3 Å². The molecule has 8 nitrogen and oxygen atoms in total. The first-order valence-electron chi connectivity index (χ1n) is 21.3. The summed E-state index contributed by atoms with van der Waals surface area (Å²) < 4.78 is 2.30. The Morgan fingerprint density at radius 3 is 1.48 bits per heavy atom. The fraction of sp³-hybridized carbons (Fsp3) is 0. The van der Waals surface area contributed by atoms with E-state index in [-0.39, 0.29) is 0 Å². The number of nitrogens with zero attached hydrogens (tertiary/aromatic N) is 8. The standard InChI is InChI=1S/C56H38N8/c1-2-12-42(13-3-1)62-51-18-8-10-20-53(51)64(54-21-11-9-19-52(54)62)56-37-45(36-55(60-56)63-49-16-6-4-14-46(49)47-15-5-7-17-50(47)63)61(43-26-22-39(23-27-43)40-30-32-57-33-31-40)44-28-24-41(25-29-44)48-38-58-34-35-59-48/h1-38H. The quantitative estimate of drug-likeness (QED) is 0.151. The van der Waals surface area contributed by atoms with Gasteiger partial charge in [0.1, 0.15) is 11.6 Å². The number of fused-ring (bicyclic) bond motifs is 5. The third kappa shape index (κ3) is 6.32. The first-order chi connectivity index (χ1) is 31.8. The zero-order valence-electron chi connectivity index (χ0n) is 34.5. The second-order valence-corrected chi connectivity index (χ2v) is 15.7. The predicted octanol–water partition coefficient (Wildman–Crippen LogP) is 14.4. The maximum atomic E-state index is 5.70. The SMILES string of the molecule is c1ccc(N2c3ccccc3N(c3cc(N(c4ccc(-c5ccncc5)cc4)c4ccc(-c5cnccn5)cc4)cc(-n4c5ccccc5c5ccccc54)n3)c3ccccc32)cc1. The lowest BCUT2D eigenvalue weighted by Crippen LogP contribution is -2.25. The fourth-order valence-electron chi connectivity index (χ4n) is 9.09. The van der Waals surface area contributed by atoms with Crippen LogP contribution in [-0.4, -0.2) is 24.5 Å². The predicted molar refractivity (Wildman–Crippen MR) is 260 cm³/mol. The van der Waals surface area contributed by atoms with Crippen molar-refractivity contribution in [3.8, 4) is 28.2 Å². The molecule has 302 valence electrons. The average Bonchev–Trinajstić information content (AvgIpc) is 3.71. The molecule has 0 saturated heterocycles. The Hall–Kier alpha value is -8.88. The Labute approximate surface area is 370 Å². The molecule has 64 heavy (non-hydrogen) atoms. The molecule has 0 unspecified atom stereocenters. The van der Waals surface area contributed by atoms with Crippen LogP contribution in [0.25, 0.3) is 50.0 Å². The van der Waals surface area contributed by atoms with Crippen molar-refractivity contribution in [1.82, 2.24) is 24.5 Å². The average molecular weight is 823 g/mol. The van der Waals surface area contributed by atoms with E-state index in [4.69, 9.17) is 4.98 Å². The summed E-state index contributed by atoms with van der Waals surface area (Å²) in [4.78, 5) is 25.9. The minimum atomic E-state index is 0.775. The lowest BCUT2D eigenvalue weighted by Gasteiger charge is -2.40. The van der Waals surface area contributed by atoms with Gasteiger partial charge in [-0.1, -0.05) is 103 Å². The van der Waals surface area contributed by atoms with Crippen LogP contribution >= 0.6 is 0 Å². The van der Waals surface area contributed by atoms with E-state index in [2.05, 4.69) is 222 Å². The van der Waals surface area contributed by atoms with Crippen molar-refractivity contribution in [3.05, 3.63) is 231 Å². The molecule has 0 spiro atoms. The Morgan fingerprint density at radius 2 is 0.891 bits per heavy atom. The van der Waals surface area contributed by atoms with Crippen LogP contribution in [0.1, 0.15) is 0 Å². The molecule has 0 aliphatic carbocycles. The van der Waals surface area contributed by atoms with E-state index in [1.807, 2.05) is 24.5 Å². The summed E-state index contributed by atoms with van der Waals surface area (Å²) in [6.45, 7) is 0. The molecule has 0 saturated carbocycles. The van der Waals surface area contributed by atoms with E-state index in [1.165, 1.54) is 10.8 Å². The van der Waals surface area contributed by atoms with Gasteiger partial charge in [-0.3, -0.25) is 24.4 Å². The number of para-hydroxylation sites is 7. The van der Waals surface area contributed by atoms with Gasteiger partial charge in [-0.25, -0.2) is 4.98 Å². The van der Waals surface area contributed by atoms with Crippen LogP contribution in [0.3, 0.4) is 0 Å². The molecule has 0 fully saturated rings. The monoisotopic (exact) mass is 822 g/mol. The molecular formula is C56H38N8. The van der Waals surface area contributed by atoms with Crippen LogP contribution in [0, 0.1) is 0 Å². The van der Waals surface area contributed by atoms with E-state index in [1.54, 1.807) is 18.6 Å². The summed E-state index contributed by atoms with van der Waals surface area (Å²) in [7, 11) is 0. The van der Waals surface area contributed by atoms with Crippen molar-refractivity contribution in [2.45, 2.75) is 0 Å². The highest BCUT2D eigenvalue weighted by atomic mass is 15.3. The summed E-state index contributed by atoms with van der Waals surface area (Å²) in [6, 6.07) is 70.8. The number of aromatic nitrogens is 5. The number of hydrogen-bond acceptors (Lipinski definition) is 7. The highest BCUT2D eigenvalue weighted by Crippen LogP contribution is 2.54. The van der Waals surface area contributed by atoms with Gasteiger partial charge in [0.15, 0.2) is 0 Å². The lowest BCUT2D eigenvalue weighted by molar-refractivity contribution is 1.05. The van der Waals surface area contributed by atoms with Crippen LogP contribution in [0.2, 0.25) is 0 Å². The summed E-state index contributed by atoms with van der Waals surface area (Å²) >= 11 is 0. The largest absolute Gasteiger partial charge is 0.310 e. The van der Waals surface area contributed by atoms with Gasteiger partial charge in [0.05, 0.1) is 51.4 Å². The van der Waals surface area contributed by atoms with Crippen molar-refractivity contribution >= 4 is 73.1 Å². The summed E-state index contributed by atoms with van der Waals surface area (Å²) in [6.07, 6.45) is 8.89. The molecule has 5 heterocycles. The van der Waals surface area contributed by atoms with Crippen molar-refractivity contribution in [2.24, 2.45) is 0 Å². The Balaban J connectivity index is 1.12. The highest BCUT2D eigenvalue weighted by molar-refractivity contribution is 6.09. The third-order valence-electron chi connectivity index (χ3n) is 11.9. The second kappa shape index (κ2) is 15.5. The number of benzene rings is 7. The number of rotatable bonds is 8. The summed E-state index contributed by atoms with van der Waals surface area (Å²) in [5, 5.41) is 2.34. The van der Waals surface area contributed by atoms with Crippen LogP contribution in [0.5, 0.6) is 0 Å². The summed E-state index contributed by atoms with van der Waals surface area (Å²) in [5.74, 6) is 1.57. The van der Waals surface area contributed by atoms with Gasteiger partial charge in [0, 0.05) is 70.3 Å². The first kappa shape index (κ1) is 36.9. The zero-order chi connectivity index (χ0) is 42.4. The maximum Gasteiger partial charge on any atom is 0.142 e. The molecule has 1 aliphatic rings. The van der Waals surface area contributed by atoms with Gasteiger partial charge in [0.25, 0.3) is 0 Å². The van der Waals surface area contributed by atoms with Gasteiger partial charge in [0.2, 0.25) is 0 Å². The Bertz CT molecular complexity index is 3260. The van der Waals surface area contributed by atoms with E-state index in [0.29, 0.717) is 0 Å². The minimum absolute atomic E-state index is 0.775. The van der Waals surface area contributed by atoms with Crippen molar-refractivity contribution < 1.29 is 0 Å². The van der Waals surface area contributed by atoms with E-state index in [9.17, 15) is 0 Å². The number of hydrogen-bond donors (Lipinski definition) is 0. The van der Waals surface area contributed by atoms with Gasteiger partial charge in [-0.2, -0.15) is 0 Å². The molecule has 7 aromatic carbocycles. The highest BCUT2D eigenvalue weighted by Gasteiger charge is 2.32. The first-order valence-corrected chi connectivity index (χ1v) is 21.3. The van der Waals surface area contributed by atoms with Crippen molar-refractivity contribution in [3.63, 3.8) is 0 Å². The molecule has 0 N–H and O–H groups in total. The third-order valence-corrected chi connectivity index (χ3v) is 11.9. The molecule has 0 bridgehead atoms. The van der Waals surface area contributed by atoms with Gasteiger partial charge < -0.3 is 9.80 Å². The fourth-order valence-corrected chi connectivity index (χ4v) is 9.09. The molecule has 0 atom stereocenters. The normalized spacial score (nSPS) is 12.0. The number of pyridine rings is 2. The van der Waals surface area contributed by atoms with Crippen LogP contribution in [-0.2, 0) is 0 Å². The second-order valence-electron chi connectivity index (χ2n) is 15.7. The molecule has 8 heteroatoms. The summed E-state index contributed by atoms with van der Waals surface area (Å²) in [5.41, 5.74) is 14.3. The smallest absolute Gasteiger partial charge is 0.142 e. The molecule has 0 amide bonds. The molecule has 4 aromatic heterocycles. The molecule has 12 rings (SSSR count). The number of anilines is 9. The van der Waals surface area contributed by atoms with Gasteiger partial charge >= 0.3 is 0 Å². The van der Waals surface area contributed by atoms with E-state index < -0.39 is 0 Å². The van der Waals surface area contributed by atoms with Crippen LogP contribution < -0.4 is 14.7 Å². The molecule has 1 aliphatic heterocycles. The van der Waals surface area contributed by atoms with Gasteiger partial charge in [-0.15, -0.1) is 0 Å². The molecule has 0 radical (unpaired) electrons. The minimum Gasteiger partial charge on any atom is -0.310 e. The van der Waals surface area contributed by atoms with Crippen LogP contribution in [0.15, 0.2) is 231 Å². The lowest BCUT2D eigenvalue weighted by atomic mass is 10.0. The molecular weight excluding hydrogens is 785 g/mol. The van der Waals surface area contributed by atoms with Crippen molar-refractivity contribution in [2.75, 3.05) is 14.7 Å².